The number of nitrogens with zero attached hydrogens (tertiary/aromatic N) is 1. The number of benzene rings is 2. The minimum absolute atomic E-state index is 0.393. The van der Waals surface area contributed by atoms with Crippen molar-refractivity contribution in [3.05, 3.63) is 72.3 Å². The number of allylic oxidation sites excluding steroid dienone is 4. The van der Waals surface area contributed by atoms with E-state index in [1.54, 1.807) is 0 Å². The molecule has 2 aromatic rings. The average Bonchev–Trinajstić information content (AvgIpc) is 2.59. The summed E-state index contributed by atoms with van der Waals surface area (Å²) >= 11 is 0. The maximum absolute atomic E-state index is 10.3. The van der Waals surface area contributed by atoms with Gasteiger partial charge in [-0.15, -0.1) is 0 Å². The van der Waals surface area contributed by atoms with Crippen molar-refractivity contribution in [1.82, 2.24) is 0 Å². The predicted octanol–water partition coefficient (Wildman–Crippen LogP) is 3.76. The van der Waals surface area contributed by atoms with Crippen molar-refractivity contribution >= 4 is 24.9 Å². The Kier molecular flexibility index (Phi) is 5.37. The van der Waals surface area contributed by atoms with Crippen LogP contribution in [-0.4, -0.2) is 19.2 Å². The molecule has 3 rings (SSSR count). The first-order valence-electron chi connectivity index (χ1n) is 8.32. The third-order valence-corrected chi connectivity index (χ3v) is 5.65. The fraction of sp³-hybridized carbons (Fsp3) is 0.238. The second kappa shape index (κ2) is 7.68. The summed E-state index contributed by atoms with van der Waals surface area (Å²) in [7, 11) is 4.57. The summed E-state index contributed by atoms with van der Waals surface area (Å²) in [5.74, 6) is 0.953. The van der Waals surface area contributed by atoms with Gasteiger partial charge >= 0.3 is 0 Å². The van der Waals surface area contributed by atoms with Crippen molar-refractivity contribution in [2.75, 3.05) is 19.0 Å². The Bertz CT molecular complexity index is 764. The van der Waals surface area contributed by atoms with Crippen LogP contribution in [0, 0.1) is 5.92 Å². The Balaban J connectivity index is 1.82. The van der Waals surface area contributed by atoms with Crippen molar-refractivity contribution in [3.63, 3.8) is 0 Å². The zero-order chi connectivity index (χ0) is 16.9. The van der Waals surface area contributed by atoms with E-state index >= 15 is 0 Å². The first-order valence-corrected chi connectivity index (χ1v) is 9.32. The van der Waals surface area contributed by atoms with E-state index in [1.807, 2.05) is 12.1 Å². The second-order valence-electron chi connectivity index (χ2n) is 6.40. The van der Waals surface area contributed by atoms with Gasteiger partial charge in [-0.2, -0.15) is 0 Å². The molecule has 0 saturated carbocycles. The minimum Gasteiger partial charge on any atom is -0.507 e. The quantitative estimate of drug-likeness (QED) is 0.840. The Morgan fingerprint density at radius 3 is 2.67 bits per heavy atom. The van der Waals surface area contributed by atoms with E-state index in [1.165, 1.54) is 16.6 Å². The predicted molar refractivity (Wildman–Crippen MR) is 107 cm³/mol. The zero-order valence-electron chi connectivity index (χ0n) is 14.2. The van der Waals surface area contributed by atoms with Gasteiger partial charge in [0.1, 0.15) is 5.75 Å². The van der Waals surface area contributed by atoms with Crippen LogP contribution in [0.15, 0.2) is 66.8 Å². The summed E-state index contributed by atoms with van der Waals surface area (Å²) in [6.07, 6.45) is 10.9. The summed E-state index contributed by atoms with van der Waals surface area (Å²) in [5, 5.41) is 12.6. The molecule has 0 heterocycles. The molecule has 2 nitrogen and oxygen atoms in total. The highest BCUT2D eigenvalue weighted by molar-refractivity contribution is 7.56. The monoisotopic (exact) mass is 337 g/mol. The van der Waals surface area contributed by atoms with E-state index in [-0.39, 0.29) is 0 Å². The van der Waals surface area contributed by atoms with Gasteiger partial charge < -0.3 is 10.0 Å². The lowest BCUT2D eigenvalue weighted by atomic mass is 9.93. The van der Waals surface area contributed by atoms with Gasteiger partial charge in [-0.1, -0.05) is 57.2 Å². The van der Waals surface area contributed by atoms with E-state index in [0.717, 1.165) is 18.1 Å². The zero-order valence-corrected chi connectivity index (χ0v) is 15.2. The third-order valence-electron chi connectivity index (χ3n) is 4.28. The molecule has 2 unspecified atom stereocenters. The van der Waals surface area contributed by atoms with Gasteiger partial charge in [0.2, 0.25) is 0 Å². The molecule has 3 heteroatoms. The lowest BCUT2D eigenvalue weighted by Gasteiger charge is -2.18. The molecule has 0 spiro atoms. The molecule has 2 aromatic carbocycles. The molecule has 1 aliphatic rings. The fourth-order valence-electron chi connectivity index (χ4n) is 3.01. The molecular weight excluding hydrogens is 313 g/mol. The molecule has 0 aromatic heterocycles. The number of rotatable bonds is 5. The van der Waals surface area contributed by atoms with Crippen molar-refractivity contribution in [1.29, 1.82) is 0 Å². The van der Waals surface area contributed by atoms with Gasteiger partial charge in [0.15, 0.2) is 0 Å². The number of anilines is 1. The summed E-state index contributed by atoms with van der Waals surface area (Å²) < 4.78 is 0. The molecule has 1 aliphatic carbocycles. The van der Waals surface area contributed by atoms with E-state index < -0.39 is 0 Å². The van der Waals surface area contributed by atoms with Crippen molar-refractivity contribution in [3.8, 4) is 5.75 Å². The van der Waals surface area contributed by atoms with Crippen LogP contribution < -0.4 is 15.5 Å². The number of hydrogen-bond donors (Lipinski definition) is 1. The fourth-order valence-corrected chi connectivity index (χ4v) is 4.38. The van der Waals surface area contributed by atoms with E-state index in [4.69, 9.17) is 0 Å². The van der Waals surface area contributed by atoms with Crippen LogP contribution in [0.3, 0.4) is 0 Å². The maximum atomic E-state index is 10.3. The number of phenols is 1. The molecule has 0 radical (unpaired) electrons. The molecule has 0 amide bonds. The molecule has 0 bridgehead atoms. The van der Waals surface area contributed by atoms with Crippen LogP contribution in [0.1, 0.15) is 12.0 Å². The van der Waals surface area contributed by atoms with E-state index in [0.29, 0.717) is 20.2 Å². The molecule has 24 heavy (non-hydrogen) atoms. The van der Waals surface area contributed by atoms with Gasteiger partial charge in [0, 0.05) is 30.4 Å². The maximum Gasteiger partial charge on any atom is 0.123 e. The molecule has 1 N–H and O–H groups in total. The Morgan fingerprint density at radius 2 is 1.92 bits per heavy atom. The standard InChI is InChI=1S/C21H24NOP/c1-22(2)18-10-6-7-11-20(18)24-21-15-17(12-13-19(21)23)14-16-8-4-3-5-9-16/h3-8,10-13,15-16,23-24H,9,14H2,1-2H3. The molecule has 0 fully saturated rings. The van der Waals surface area contributed by atoms with Gasteiger partial charge in [-0.25, -0.2) is 0 Å². The summed E-state index contributed by atoms with van der Waals surface area (Å²) in [6.45, 7) is 0. The van der Waals surface area contributed by atoms with E-state index in [9.17, 15) is 5.11 Å². The first-order chi connectivity index (χ1) is 11.6. The number of para-hydroxylation sites is 1. The van der Waals surface area contributed by atoms with Crippen molar-refractivity contribution < 1.29 is 5.11 Å². The number of phenolic OH excluding ortho intramolecular Hbond substituents is 1. The van der Waals surface area contributed by atoms with Gasteiger partial charge in [0.25, 0.3) is 0 Å². The third kappa shape index (κ3) is 4.07. The lowest BCUT2D eigenvalue weighted by Crippen LogP contribution is -2.18. The smallest absolute Gasteiger partial charge is 0.123 e. The van der Waals surface area contributed by atoms with Crippen LogP contribution in [0.4, 0.5) is 5.69 Å². The second-order valence-corrected chi connectivity index (χ2v) is 7.73. The highest BCUT2D eigenvalue weighted by Gasteiger charge is 2.11. The Morgan fingerprint density at radius 1 is 1.08 bits per heavy atom. The topological polar surface area (TPSA) is 23.5 Å². The lowest BCUT2D eigenvalue weighted by molar-refractivity contribution is 0.479. The van der Waals surface area contributed by atoms with Crippen LogP contribution in [0.25, 0.3) is 0 Å². The first kappa shape index (κ1) is 16.8. The van der Waals surface area contributed by atoms with Crippen molar-refractivity contribution in [2.45, 2.75) is 12.8 Å². The molecule has 0 aliphatic heterocycles. The highest BCUT2D eigenvalue weighted by Crippen LogP contribution is 2.25. The molecular formula is C21H24NOP. The van der Waals surface area contributed by atoms with Crippen LogP contribution in [0.2, 0.25) is 0 Å². The SMILES string of the molecule is CN(C)c1ccccc1Pc1cc(CC2C=CC=CC2)ccc1O. The molecule has 124 valence electrons. The molecule has 2 atom stereocenters. The largest absolute Gasteiger partial charge is 0.507 e. The summed E-state index contributed by atoms with van der Waals surface area (Å²) in [5.41, 5.74) is 2.50. The molecule has 0 saturated heterocycles. The van der Waals surface area contributed by atoms with Crippen molar-refractivity contribution in [2.24, 2.45) is 5.92 Å². The van der Waals surface area contributed by atoms with Crippen LogP contribution in [-0.2, 0) is 6.42 Å². The van der Waals surface area contributed by atoms with Crippen LogP contribution in [0.5, 0.6) is 5.75 Å². The number of aromatic hydroxyl groups is 1. The number of hydrogen-bond acceptors (Lipinski definition) is 2. The Labute approximate surface area is 146 Å². The van der Waals surface area contributed by atoms with Gasteiger partial charge in [-0.3, -0.25) is 0 Å². The Hall–Kier alpha value is -2.05. The highest BCUT2D eigenvalue weighted by atomic mass is 31.1. The summed E-state index contributed by atoms with van der Waals surface area (Å²) in [6, 6.07) is 14.5. The van der Waals surface area contributed by atoms with Gasteiger partial charge in [-0.05, 0) is 42.5 Å². The van der Waals surface area contributed by atoms with E-state index in [2.05, 4.69) is 73.6 Å². The van der Waals surface area contributed by atoms with Crippen LogP contribution >= 0.6 is 8.58 Å². The minimum atomic E-state index is 0.393. The summed E-state index contributed by atoms with van der Waals surface area (Å²) in [4.78, 5) is 2.13. The van der Waals surface area contributed by atoms with Gasteiger partial charge in [0.05, 0.1) is 0 Å². The average molecular weight is 337 g/mol. The normalized spacial score (nSPS) is 16.8.